The van der Waals surface area contributed by atoms with Crippen molar-refractivity contribution in [2.45, 2.75) is 29.7 Å². The number of benzene rings is 2. The van der Waals surface area contributed by atoms with E-state index < -0.39 is 10.0 Å². The summed E-state index contributed by atoms with van der Waals surface area (Å²) in [5.41, 5.74) is 1.61. The molecule has 3 aromatic rings. The second-order valence-electron chi connectivity index (χ2n) is 5.91. The molecule has 0 aliphatic heterocycles. The molecule has 2 aromatic carbocycles. The Morgan fingerprint density at radius 2 is 1.82 bits per heavy atom. The molecule has 0 N–H and O–H groups in total. The Balaban J connectivity index is 1.78. The SMILES string of the molecule is CCN(CC)S(=O)(=O)c1cccc(-c2nnc(SCc3cccc(Cl)c3)o2)c1. The van der Waals surface area contributed by atoms with Crippen molar-refractivity contribution in [2.75, 3.05) is 13.1 Å². The molecular formula is C19H20ClN3O3S2. The lowest BCUT2D eigenvalue weighted by Gasteiger charge is -2.18. The fourth-order valence-corrected chi connectivity index (χ4v) is 5.08. The van der Waals surface area contributed by atoms with Crippen molar-refractivity contribution in [3.05, 3.63) is 59.1 Å². The van der Waals surface area contributed by atoms with Gasteiger partial charge in [-0.25, -0.2) is 8.42 Å². The van der Waals surface area contributed by atoms with Gasteiger partial charge in [0.05, 0.1) is 4.90 Å². The topological polar surface area (TPSA) is 76.3 Å². The summed E-state index contributed by atoms with van der Waals surface area (Å²) >= 11 is 7.39. The number of nitrogens with zero attached hydrogens (tertiary/aromatic N) is 3. The maximum absolute atomic E-state index is 12.7. The van der Waals surface area contributed by atoms with Crippen molar-refractivity contribution in [2.24, 2.45) is 0 Å². The lowest BCUT2D eigenvalue weighted by Crippen LogP contribution is -2.30. The third-order valence-electron chi connectivity index (χ3n) is 4.08. The van der Waals surface area contributed by atoms with Crippen LogP contribution in [-0.4, -0.2) is 36.0 Å². The molecule has 0 aliphatic carbocycles. The molecule has 0 saturated carbocycles. The molecule has 0 unspecified atom stereocenters. The normalized spacial score (nSPS) is 11.9. The highest BCUT2D eigenvalue weighted by Gasteiger charge is 2.22. The molecule has 0 bridgehead atoms. The minimum atomic E-state index is -3.55. The maximum Gasteiger partial charge on any atom is 0.277 e. The number of hydrogen-bond donors (Lipinski definition) is 0. The molecule has 0 atom stereocenters. The van der Waals surface area contributed by atoms with Gasteiger partial charge in [0.1, 0.15) is 0 Å². The first-order chi connectivity index (χ1) is 13.4. The van der Waals surface area contributed by atoms with E-state index in [0.717, 1.165) is 5.56 Å². The van der Waals surface area contributed by atoms with Gasteiger partial charge in [-0.3, -0.25) is 0 Å². The van der Waals surface area contributed by atoms with Gasteiger partial charge >= 0.3 is 0 Å². The van der Waals surface area contributed by atoms with Gasteiger partial charge in [-0.2, -0.15) is 4.31 Å². The van der Waals surface area contributed by atoms with Crippen LogP contribution in [0.15, 0.2) is 63.1 Å². The highest BCUT2D eigenvalue weighted by molar-refractivity contribution is 7.98. The van der Waals surface area contributed by atoms with Gasteiger partial charge in [0.25, 0.3) is 5.22 Å². The number of rotatable bonds is 8. The Hall–Kier alpha value is -1.87. The molecule has 0 spiro atoms. The van der Waals surface area contributed by atoms with Crippen molar-refractivity contribution in [1.82, 2.24) is 14.5 Å². The third-order valence-corrected chi connectivity index (χ3v) is 7.25. The van der Waals surface area contributed by atoms with E-state index in [0.29, 0.717) is 34.7 Å². The largest absolute Gasteiger partial charge is 0.411 e. The van der Waals surface area contributed by atoms with Crippen molar-refractivity contribution >= 4 is 33.4 Å². The lowest BCUT2D eigenvalue weighted by atomic mass is 10.2. The minimum Gasteiger partial charge on any atom is -0.411 e. The molecule has 0 aliphatic rings. The van der Waals surface area contributed by atoms with Crippen LogP contribution in [0.1, 0.15) is 19.4 Å². The van der Waals surface area contributed by atoms with Crippen LogP contribution in [0.5, 0.6) is 0 Å². The van der Waals surface area contributed by atoms with Crippen LogP contribution in [0.3, 0.4) is 0 Å². The zero-order valence-corrected chi connectivity index (χ0v) is 17.9. The predicted octanol–water partition coefficient (Wildman–Crippen LogP) is 4.71. The molecule has 0 saturated heterocycles. The third kappa shape index (κ3) is 4.75. The quantitative estimate of drug-likeness (QED) is 0.475. The summed E-state index contributed by atoms with van der Waals surface area (Å²) in [5.74, 6) is 0.920. The number of sulfonamides is 1. The van der Waals surface area contributed by atoms with E-state index in [1.54, 1.807) is 24.3 Å². The Morgan fingerprint density at radius 1 is 1.07 bits per heavy atom. The van der Waals surface area contributed by atoms with E-state index in [9.17, 15) is 8.42 Å². The van der Waals surface area contributed by atoms with Gasteiger partial charge in [0.2, 0.25) is 15.9 Å². The van der Waals surface area contributed by atoms with Gasteiger partial charge in [-0.1, -0.05) is 55.4 Å². The highest BCUT2D eigenvalue weighted by Crippen LogP contribution is 2.28. The van der Waals surface area contributed by atoms with Crippen LogP contribution >= 0.6 is 23.4 Å². The summed E-state index contributed by atoms with van der Waals surface area (Å²) in [5, 5.41) is 9.18. The summed E-state index contributed by atoms with van der Waals surface area (Å²) in [4.78, 5) is 0.208. The maximum atomic E-state index is 12.7. The van der Waals surface area contributed by atoms with E-state index >= 15 is 0 Å². The average molecular weight is 438 g/mol. The molecule has 0 radical (unpaired) electrons. The summed E-state index contributed by atoms with van der Waals surface area (Å²) < 4.78 is 32.5. The lowest BCUT2D eigenvalue weighted by molar-refractivity contribution is 0.445. The van der Waals surface area contributed by atoms with Crippen LogP contribution < -0.4 is 0 Å². The predicted molar refractivity (Wildman–Crippen MR) is 111 cm³/mol. The molecule has 0 amide bonds. The molecule has 6 nitrogen and oxygen atoms in total. The Kier molecular flexibility index (Phi) is 6.77. The minimum absolute atomic E-state index is 0.208. The van der Waals surface area contributed by atoms with Gasteiger partial charge in [-0.05, 0) is 35.9 Å². The molecule has 9 heteroatoms. The Morgan fingerprint density at radius 3 is 2.54 bits per heavy atom. The van der Waals surface area contributed by atoms with Crippen LogP contribution in [-0.2, 0) is 15.8 Å². The highest BCUT2D eigenvalue weighted by atomic mass is 35.5. The van der Waals surface area contributed by atoms with Crippen LogP contribution in [0.25, 0.3) is 11.5 Å². The van der Waals surface area contributed by atoms with Gasteiger partial charge in [-0.15, -0.1) is 10.2 Å². The second kappa shape index (κ2) is 9.09. The molecule has 0 fully saturated rings. The van der Waals surface area contributed by atoms with Crippen molar-refractivity contribution in [3.8, 4) is 11.5 Å². The fourth-order valence-electron chi connectivity index (χ4n) is 2.66. The van der Waals surface area contributed by atoms with E-state index in [1.807, 2.05) is 38.1 Å². The first-order valence-corrected chi connectivity index (χ1v) is 11.6. The second-order valence-corrected chi connectivity index (χ2v) is 9.21. The van der Waals surface area contributed by atoms with Gasteiger partial charge in [0.15, 0.2) is 0 Å². The fraction of sp³-hybridized carbons (Fsp3) is 0.263. The molecular weight excluding hydrogens is 418 g/mol. The smallest absolute Gasteiger partial charge is 0.277 e. The summed E-state index contributed by atoms with van der Waals surface area (Å²) in [6.07, 6.45) is 0. The monoisotopic (exact) mass is 437 g/mol. The van der Waals surface area contributed by atoms with Gasteiger partial charge < -0.3 is 4.42 Å². The zero-order chi connectivity index (χ0) is 20.1. The van der Waals surface area contributed by atoms with Crippen molar-refractivity contribution < 1.29 is 12.8 Å². The van der Waals surface area contributed by atoms with E-state index in [2.05, 4.69) is 10.2 Å². The van der Waals surface area contributed by atoms with Crippen LogP contribution in [0, 0.1) is 0 Å². The molecule has 148 valence electrons. The number of hydrogen-bond acceptors (Lipinski definition) is 6. The van der Waals surface area contributed by atoms with Crippen LogP contribution in [0.4, 0.5) is 0 Å². The summed E-state index contributed by atoms with van der Waals surface area (Å²) in [6, 6.07) is 14.1. The van der Waals surface area contributed by atoms with E-state index in [-0.39, 0.29) is 10.8 Å². The molecule has 1 heterocycles. The average Bonchev–Trinajstić information content (AvgIpc) is 3.16. The van der Waals surface area contributed by atoms with Crippen molar-refractivity contribution in [3.63, 3.8) is 0 Å². The van der Waals surface area contributed by atoms with E-state index in [1.165, 1.54) is 16.1 Å². The summed E-state index contributed by atoms with van der Waals surface area (Å²) in [6.45, 7) is 4.44. The zero-order valence-electron chi connectivity index (χ0n) is 15.5. The number of halogens is 1. The van der Waals surface area contributed by atoms with Crippen LogP contribution in [0.2, 0.25) is 5.02 Å². The molecule has 1 aromatic heterocycles. The van der Waals surface area contributed by atoms with Crippen molar-refractivity contribution in [1.29, 1.82) is 0 Å². The summed E-state index contributed by atoms with van der Waals surface area (Å²) in [7, 11) is -3.55. The molecule has 3 rings (SSSR count). The Bertz CT molecular complexity index is 1050. The first-order valence-electron chi connectivity index (χ1n) is 8.75. The molecule has 28 heavy (non-hydrogen) atoms. The number of aromatic nitrogens is 2. The van der Waals surface area contributed by atoms with Gasteiger partial charge in [0, 0.05) is 29.4 Å². The number of thioether (sulfide) groups is 1. The standard InChI is InChI=1S/C19H20ClN3O3S2/c1-3-23(4-2)28(24,25)17-10-6-8-15(12-17)18-21-22-19(26-18)27-13-14-7-5-9-16(20)11-14/h5-12H,3-4,13H2,1-2H3. The first kappa shape index (κ1) is 20.9. The van der Waals surface area contributed by atoms with E-state index in [4.69, 9.17) is 16.0 Å². The Labute approximate surface area is 174 Å².